The summed E-state index contributed by atoms with van der Waals surface area (Å²) in [6.07, 6.45) is 4.28. The number of aryl methyl sites for hydroxylation is 2. The molecule has 29 heavy (non-hydrogen) atoms. The molecule has 1 aliphatic heterocycles. The molecule has 0 unspecified atom stereocenters. The second-order valence-electron chi connectivity index (χ2n) is 9.01. The Morgan fingerprint density at radius 1 is 1.28 bits per heavy atom. The third-order valence-corrected chi connectivity index (χ3v) is 5.87. The van der Waals surface area contributed by atoms with Crippen LogP contribution in [-0.4, -0.2) is 57.4 Å². The number of aromatic nitrogens is 2. The maximum atomic E-state index is 12.5. The van der Waals surface area contributed by atoms with Crippen LogP contribution < -0.4 is 0 Å². The van der Waals surface area contributed by atoms with Crippen molar-refractivity contribution in [3.8, 4) is 0 Å². The smallest absolute Gasteiger partial charge is 0.340 e. The molecule has 1 aliphatic rings. The number of likely N-dealkylation sites (tertiary alicyclic amines) is 1. The molecule has 160 valence electrons. The van der Waals surface area contributed by atoms with E-state index in [4.69, 9.17) is 4.74 Å². The number of esters is 1. The summed E-state index contributed by atoms with van der Waals surface area (Å²) < 4.78 is 7.25. The summed E-state index contributed by atoms with van der Waals surface area (Å²) in [7, 11) is 0. The van der Waals surface area contributed by atoms with Gasteiger partial charge in [-0.2, -0.15) is 5.10 Å². The van der Waals surface area contributed by atoms with Crippen LogP contribution in [0.25, 0.3) is 5.52 Å². The first kappa shape index (κ1) is 21.8. The van der Waals surface area contributed by atoms with Gasteiger partial charge in [-0.1, -0.05) is 0 Å². The summed E-state index contributed by atoms with van der Waals surface area (Å²) in [6, 6.07) is 3.92. The summed E-state index contributed by atoms with van der Waals surface area (Å²) in [5.41, 5.74) is 3.88. The molecule has 2 aromatic rings. The Bertz CT molecular complexity index is 858. The van der Waals surface area contributed by atoms with Crippen molar-refractivity contribution in [1.29, 1.82) is 0 Å². The molecule has 1 N–H and O–H groups in total. The van der Waals surface area contributed by atoms with Crippen molar-refractivity contribution >= 4 is 11.5 Å². The zero-order valence-corrected chi connectivity index (χ0v) is 18.5. The second kappa shape index (κ2) is 8.84. The lowest BCUT2D eigenvalue weighted by Gasteiger charge is -2.35. The summed E-state index contributed by atoms with van der Waals surface area (Å²) in [6.45, 7) is 12.7. The Morgan fingerprint density at radius 3 is 2.59 bits per heavy atom. The van der Waals surface area contributed by atoms with Crippen LogP contribution in [0.3, 0.4) is 0 Å². The van der Waals surface area contributed by atoms with Gasteiger partial charge in [-0.15, -0.1) is 0 Å². The van der Waals surface area contributed by atoms with E-state index in [0.29, 0.717) is 18.1 Å². The number of β-amino-alcohol motifs (C(OH)–C–C–N with tert-alkyl or cyclic N) is 1. The molecule has 6 nitrogen and oxygen atoms in total. The van der Waals surface area contributed by atoms with Gasteiger partial charge < -0.3 is 14.7 Å². The minimum Gasteiger partial charge on any atom is -0.462 e. The van der Waals surface area contributed by atoms with Crippen molar-refractivity contribution in [2.24, 2.45) is 5.92 Å². The Balaban J connectivity index is 1.73. The van der Waals surface area contributed by atoms with Gasteiger partial charge in [0, 0.05) is 12.2 Å². The monoisotopic (exact) mass is 401 g/mol. The van der Waals surface area contributed by atoms with Gasteiger partial charge in [-0.3, -0.25) is 0 Å². The topological polar surface area (TPSA) is 67.1 Å². The average Bonchev–Trinajstić information content (AvgIpc) is 2.91. The number of ether oxygens (including phenoxy) is 1. The Kier molecular flexibility index (Phi) is 6.64. The minimum atomic E-state index is -0.637. The molecule has 3 rings (SSSR count). The van der Waals surface area contributed by atoms with E-state index in [9.17, 15) is 9.90 Å². The van der Waals surface area contributed by atoms with E-state index in [1.54, 1.807) is 0 Å². The molecule has 0 spiro atoms. The fourth-order valence-electron chi connectivity index (χ4n) is 4.48. The Labute approximate surface area is 173 Å². The molecule has 0 atom stereocenters. The van der Waals surface area contributed by atoms with Gasteiger partial charge in [0.25, 0.3) is 0 Å². The number of aliphatic hydroxyl groups is 1. The van der Waals surface area contributed by atoms with E-state index in [2.05, 4.69) is 10.00 Å². The van der Waals surface area contributed by atoms with Gasteiger partial charge in [0.05, 0.1) is 29.0 Å². The molecule has 0 bridgehead atoms. The van der Waals surface area contributed by atoms with Gasteiger partial charge in [-0.05, 0) is 97.0 Å². The molecule has 3 heterocycles. The zero-order chi connectivity index (χ0) is 21.2. The van der Waals surface area contributed by atoms with E-state index >= 15 is 0 Å². The number of nitrogens with zero attached hydrogens (tertiary/aromatic N) is 3. The lowest BCUT2D eigenvalue weighted by atomic mass is 9.90. The van der Waals surface area contributed by atoms with Gasteiger partial charge in [0.15, 0.2) is 0 Å². The number of hydrogen-bond donors (Lipinski definition) is 1. The summed E-state index contributed by atoms with van der Waals surface area (Å²) in [5, 5.41) is 14.7. The molecule has 0 aromatic carbocycles. The van der Waals surface area contributed by atoms with Crippen LogP contribution in [0.4, 0.5) is 0 Å². The highest BCUT2D eigenvalue weighted by Crippen LogP contribution is 2.28. The van der Waals surface area contributed by atoms with Crippen LogP contribution in [-0.2, 0) is 11.2 Å². The van der Waals surface area contributed by atoms with Crippen molar-refractivity contribution in [1.82, 2.24) is 14.5 Å². The van der Waals surface area contributed by atoms with E-state index in [1.807, 2.05) is 51.3 Å². The largest absolute Gasteiger partial charge is 0.462 e. The normalized spacial score (nSPS) is 16.5. The fraction of sp³-hybridized carbons (Fsp3) is 0.652. The van der Waals surface area contributed by atoms with Crippen molar-refractivity contribution in [3.05, 3.63) is 34.6 Å². The first-order valence-electron chi connectivity index (χ1n) is 10.8. The lowest BCUT2D eigenvalue weighted by Crippen LogP contribution is -2.43. The number of carbonyl (C=O) groups is 1. The fourth-order valence-corrected chi connectivity index (χ4v) is 4.48. The van der Waals surface area contributed by atoms with Crippen LogP contribution in [0.15, 0.2) is 12.1 Å². The Hall–Kier alpha value is -1.92. The summed E-state index contributed by atoms with van der Waals surface area (Å²) >= 11 is 0. The molecule has 6 heteroatoms. The quantitative estimate of drug-likeness (QED) is 0.719. The van der Waals surface area contributed by atoms with E-state index < -0.39 is 5.60 Å². The standard InChI is InChI=1S/C23H35N3O3/c1-6-29-22(27)21-17(3)19(26-20(21)9-7-16(2)24-26)10-8-18-11-13-25(14-12-18)15-23(4,5)28/h7,9,18,28H,6,8,10-15H2,1-5H3. The van der Waals surface area contributed by atoms with Crippen LogP contribution in [0.1, 0.15) is 67.3 Å². The van der Waals surface area contributed by atoms with E-state index in [1.165, 1.54) is 0 Å². The molecule has 0 radical (unpaired) electrons. The minimum absolute atomic E-state index is 0.265. The maximum Gasteiger partial charge on any atom is 0.340 e. The first-order chi connectivity index (χ1) is 13.7. The van der Waals surface area contributed by atoms with Gasteiger partial charge in [0.2, 0.25) is 0 Å². The molecule has 2 aromatic heterocycles. The highest BCUT2D eigenvalue weighted by Gasteiger charge is 2.26. The van der Waals surface area contributed by atoms with Crippen LogP contribution in [0.2, 0.25) is 0 Å². The molecule has 1 saturated heterocycles. The van der Waals surface area contributed by atoms with Crippen molar-refractivity contribution in [2.45, 2.75) is 65.9 Å². The average molecular weight is 402 g/mol. The van der Waals surface area contributed by atoms with Crippen molar-refractivity contribution < 1.29 is 14.6 Å². The third-order valence-electron chi connectivity index (χ3n) is 5.87. The summed E-state index contributed by atoms with van der Waals surface area (Å²) in [5.74, 6) is 0.396. The SMILES string of the molecule is CCOC(=O)c1c(C)c(CCC2CCN(CC(C)(C)O)CC2)n2nc(C)ccc12. The number of carbonyl (C=O) groups excluding carboxylic acids is 1. The number of rotatable bonds is 7. The van der Waals surface area contributed by atoms with Crippen LogP contribution >= 0.6 is 0 Å². The highest BCUT2D eigenvalue weighted by molar-refractivity contribution is 5.99. The van der Waals surface area contributed by atoms with Crippen molar-refractivity contribution in [3.63, 3.8) is 0 Å². The second-order valence-corrected chi connectivity index (χ2v) is 9.01. The zero-order valence-electron chi connectivity index (χ0n) is 18.5. The molecular formula is C23H35N3O3. The number of piperidine rings is 1. The molecule has 0 amide bonds. The third kappa shape index (κ3) is 5.17. The van der Waals surface area contributed by atoms with Crippen LogP contribution in [0, 0.1) is 19.8 Å². The van der Waals surface area contributed by atoms with E-state index in [-0.39, 0.29) is 5.97 Å². The maximum absolute atomic E-state index is 12.5. The molecule has 1 fully saturated rings. The van der Waals surface area contributed by atoms with Gasteiger partial charge in [0.1, 0.15) is 0 Å². The Morgan fingerprint density at radius 2 is 1.97 bits per heavy atom. The van der Waals surface area contributed by atoms with Gasteiger partial charge in [-0.25, -0.2) is 9.31 Å². The molecule has 0 aliphatic carbocycles. The van der Waals surface area contributed by atoms with Gasteiger partial charge >= 0.3 is 5.97 Å². The predicted octanol–water partition coefficient (Wildman–Crippen LogP) is 3.54. The molecular weight excluding hydrogens is 366 g/mol. The summed E-state index contributed by atoms with van der Waals surface area (Å²) in [4.78, 5) is 14.9. The van der Waals surface area contributed by atoms with Crippen LogP contribution in [0.5, 0.6) is 0 Å². The van der Waals surface area contributed by atoms with E-state index in [0.717, 1.165) is 67.8 Å². The highest BCUT2D eigenvalue weighted by atomic mass is 16.5. The lowest BCUT2D eigenvalue weighted by molar-refractivity contribution is 0.0239. The predicted molar refractivity (Wildman–Crippen MR) is 114 cm³/mol. The van der Waals surface area contributed by atoms with Crippen molar-refractivity contribution in [2.75, 3.05) is 26.2 Å². The number of hydrogen-bond acceptors (Lipinski definition) is 5. The first-order valence-corrected chi connectivity index (χ1v) is 10.8. The molecule has 0 saturated carbocycles. The number of fused-ring (bicyclic) bond motifs is 1.